The van der Waals surface area contributed by atoms with Crippen LogP contribution in [0.15, 0.2) is 0 Å². The zero-order valence-electron chi connectivity index (χ0n) is 7.05. The Morgan fingerprint density at radius 2 is 2.00 bits per heavy atom. The standard InChI is InChI=1S/C9H18NO/c1-8(11)7-10-9-5-3-2-4-6-9/h8-11H,1-7H2. The van der Waals surface area contributed by atoms with Crippen LogP contribution in [0.3, 0.4) is 0 Å². The minimum absolute atomic E-state index is 0.447. The molecule has 11 heavy (non-hydrogen) atoms. The number of nitrogens with one attached hydrogen (secondary N) is 1. The van der Waals surface area contributed by atoms with Crippen molar-refractivity contribution >= 4 is 0 Å². The van der Waals surface area contributed by atoms with Crippen molar-refractivity contribution in [3.8, 4) is 0 Å². The van der Waals surface area contributed by atoms with Crippen molar-refractivity contribution in [3.63, 3.8) is 0 Å². The summed E-state index contributed by atoms with van der Waals surface area (Å²) < 4.78 is 0. The van der Waals surface area contributed by atoms with Gasteiger partial charge in [-0.05, 0) is 19.8 Å². The SMILES string of the molecule is [CH2]C(O)CNC1CCCCC1. The monoisotopic (exact) mass is 156 g/mol. The van der Waals surface area contributed by atoms with Crippen molar-refractivity contribution in [1.29, 1.82) is 0 Å². The van der Waals surface area contributed by atoms with E-state index in [1.165, 1.54) is 32.1 Å². The second-order valence-corrected chi connectivity index (χ2v) is 3.40. The van der Waals surface area contributed by atoms with Gasteiger partial charge in [-0.25, -0.2) is 0 Å². The molecule has 0 aromatic carbocycles. The highest BCUT2D eigenvalue weighted by atomic mass is 16.3. The van der Waals surface area contributed by atoms with Gasteiger partial charge >= 0.3 is 0 Å². The molecule has 2 heteroatoms. The summed E-state index contributed by atoms with van der Waals surface area (Å²) in [5.74, 6) is 0. The largest absolute Gasteiger partial charge is 0.392 e. The Hall–Kier alpha value is -0.0800. The molecule has 0 amide bonds. The molecular weight excluding hydrogens is 138 g/mol. The van der Waals surface area contributed by atoms with Gasteiger partial charge in [-0.3, -0.25) is 0 Å². The fraction of sp³-hybridized carbons (Fsp3) is 0.889. The average molecular weight is 156 g/mol. The quantitative estimate of drug-likeness (QED) is 0.641. The lowest BCUT2D eigenvalue weighted by Crippen LogP contribution is -2.35. The lowest BCUT2D eigenvalue weighted by molar-refractivity contribution is 0.204. The third kappa shape index (κ3) is 3.73. The Bertz CT molecular complexity index is 97.7. The predicted octanol–water partition coefficient (Wildman–Crippen LogP) is 1.10. The van der Waals surface area contributed by atoms with Crippen LogP contribution < -0.4 is 5.32 Å². The van der Waals surface area contributed by atoms with Crippen molar-refractivity contribution in [3.05, 3.63) is 6.92 Å². The molecule has 2 N–H and O–H groups in total. The van der Waals surface area contributed by atoms with Crippen LogP contribution in [-0.2, 0) is 0 Å². The topological polar surface area (TPSA) is 32.3 Å². The van der Waals surface area contributed by atoms with Crippen LogP contribution in [-0.4, -0.2) is 23.8 Å². The Morgan fingerprint density at radius 3 is 2.55 bits per heavy atom. The Labute approximate surface area is 69.0 Å². The summed E-state index contributed by atoms with van der Waals surface area (Å²) >= 11 is 0. The van der Waals surface area contributed by atoms with Crippen LogP contribution in [0, 0.1) is 6.92 Å². The molecular formula is C9H18NO. The summed E-state index contributed by atoms with van der Waals surface area (Å²) in [6, 6.07) is 0.639. The number of hydrogen-bond donors (Lipinski definition) is 2. The molecule has 0 bridgehead atoms. The second-order valence-electron chi connectivity index (χ2n) is 3.40. The first-order chi connectivity index (χ1) is 5.29. The van der Waals surface area contributed by atoms with E-state index < -0.39 is 6.10 Å². The molecule has 0 aliphatic heterocycles. The van der Waals surface area contributed by atoms with E-state index in [2.05, 4.69) is 12.2 Å². The van der Waals surface area contributed by atoms with Crippen LogP contribution >= 0.6 is 0 Å². The summed E-state index contributed by atoms with van der Waals surface area (Å²) in [7, 11) is 0. The molecule has 1 aliphatic carbocycles. The average Bonchev–Trinajstić information content (AvgIpc) is 2.03. The molecule has 0 aromatic rings. The van der Waals surface area contributed by atoms with E-state index in [4.69, 9.17) is 5.11 Å². The molecule has 1 fully saturated rings. The van der Waals surface area contributed by atoms with E-state index in [0.29, 0.717) is 12.6 Å². The first kappa shape index (κ1) is 9.01. The van der Waals surface area contributed by atoms with E-state index >= 15 is 0 Å². The second kappa shape index (κ2) is 4.73. The third-order valence-electron chi connectivity index (χ3n) is 2.25. The minimum atomic E-state index is -0.447. The highest BCUT2D eigenvalue weighted by molar-refractivity contribution is 4.73. The van der Waals surface area contributed by atoms with Gasteiger partial charge in [0.15, 0.2) is 0 Å². The van der Waals surface area contributed by atoms with Gasteiger partial charge in [-0.2, -0.15) is 0 Å². The molecule has 0 spiro atoms. The van der Waals surface area contributed by atoms with Gasteiger partial charge < -0.3 is 10.4 Å². The first-order valence-corrected chi connectivity index (χ1v) is 4.53. The molecule has 2 nitrogen and oxygen atoms in total. The Balaban J connectivity index is 2.05. The number of rotatable bonds is 3. The highest BCUT2D eigenvalue weighted by Crippen LogP contribution is 2.16. The maximum Gasteiger partial charge on any atom is 0.0665 e. The lowest BCUT2D eigenvalue weighted by Gasteiger charge is -2.23. The molecule has 1 rings (SSSR count). The summed E-state index contributed by atoms with van der Waals surface area (Å²) in [4.78, 5) is 0. The fourth-order valence-corrected chi connectivity index (χ4v) is 1.61. The zero-order chi connectivity index (χ0) is 8.10. The van der Waals surface area contributed by atoms with Gasteiger partial charge in [-0.1, -0.05) is 19.3 Å². The van der Waals surface area contributed by atoms with Gasteiger partial charge in [-0.15, -0.1) is 0 Å². The molecule has 0 saturated heterocycles. The molecule has 65 valence electrons. The van der Waals surface area contributed by atoms with Gasteiger partial charge in [0.2, 0.25) is 0 Å². The van der Waals surface area contributed by atoms with Crippen LogP contribution in [0.5, 0.6) is 0 Å². The fourth-order valence-electron chi connectivity index (χ4n) is 1.61. The van der Waals surface area contributed by atoms with Crippen LogP contribution in [0.2, 0.25) is 0 Å². The number of aliphatic hydroxyl groups is 1. The zero-order valence-corrected chi connectivity index (χ0v) is 7.05. The van der Waals surface area contributed by atoms with Crippen molar-refractivity contribution in [1.82, 2.24) is 5.32 Å². The van der Waals surface area contributed by atoms with Crippen molar-refractivity contribution in [2.75, 3.05) is 6.54 Å². The normalized spacial score (nSPS) is 23.5. The Kier molecular flexibility index (Phi) is 3.87. The molecule has 1 saturated carbocycles. The summed E-state index contributed by atoms with van der Waals surface area (Å²) in [5.41, 5.74) is 0. The maximum atomic E-state index is 8.91. The third-order valence-corrected chi connectivity index (χ3v) is 2.25. The van der Waals surface area contributed by atoms with Gasteiger partial charge in [0, 0.05) is 12.6 Å². The van der Waals surface area contributed by atoms with E-state index in [1.807, 2.05) is 0 Å². The summed E-state index contributed by atoms with van der Waals surface area (Å²) in [5, 5.41) is 12.2. The lowest BCUT2D eigenvalue weighted by atomic mass is 9.95. The molecule has 0 heterocycles. The molecule has 1 radical (unpaired) electrons. The predicted molar refractivity (Wildman–Crippen MR) is 46.2 cm³/mol. The van der Waals surface area contributed by atoms with Gasteiger partial charge in [0.1, 0.15) is 0 Å². The van der Waals surface area contributed by atoms with Gasteiger partial charge in [0.25, 0.3) is 0 Å². The number of aliphatic hydroxyl groups excluding tert-OH is 1. The van der Waals surface area contributed by atoms with E-state index in [0.717, 1.165) is 0 Å². The first-order valence-electron chi connectivity index (χ1n) is 4.53. The molecule has 1 unspecified atom stereocenters. The van der Waals surface area contributed by atoms with Gasteiger partial charge in [0.05, 0.1) is 6.10 Å². The molecule has 0 aromatic heterocycles. The van der Waals surface area contributed by atoms with Crippen molar-refractivity contribution < 1.29 is 5.11 Å². The van der Waals surface area contributed by atoms with E-state index in [1.54, 1.807) is 0 Å². The minimum Gasteiger partial charge on any atom is -0.392 e. The van der Waals surface area contributed by atoms with Crippen LogP contribution in [0.25, 0.3) is 0 Å². The Morgan fingerprint density at radius 1 is 1.36 bits per heavy atom. The van der Waals surface area contributed by atoms with Crippen molar-refractivity contribution in [2.45, 2.75) is 44.2 Å². The summed E-state index contributed by atoms with van der Waals surface area (Å²) in [6.07, 6.45) is 6.15. The molecule has 1 atom stereocenters. The smallest absolute Gasteiger partial charge is 0.0665 e. The van der Waals surface area contributed by atoms with E-state index in [9.17, 15) is 0 Å². The van der Waals surface area contributed by atoms with E-state index in [-0.39, 0.29) is 0 Å². The highest BCUT2D eigenvalue weighted by Gasteiger charge is 2.12. The number of hydrogen-bond acceptors (Lipinski definition) is 2. The summed E-state index contributed by atoms with van der Waals surface area (Å²) in [6.45, 7) is 4.16. The van der Waals surface area contributed by atoms with Crippen LogP contribution in [0.1, 0.15) is 32.1 Å². The maximum absolute atomic E-state index is 8.91. The molecule has 1 aliphatic rings. The van der Waals surface area contributed by atoms with Crippen molar-refractivity contribution in [2.24, 2.45) is 0 Å². The van der Waals surface area contributed by atoms with Crippen LogP contribution in [0.4, 0.5) is 0 Å².